The van der Waals surface area contributed by atoms with Gasteiger partial charge in [-0.15, -0.1) is 0 Å². The van der Waals surface area contributed by atoms with Crippen LogP contribution in [-0.4, -0.2) is 25.1 Å². The number of carbonyl (C=O) groups is 1. The summed E-state index contributed by atoms with van der Waals surface area (Å²) in [5.74, 6) is -0.727. The summed E-state index contributed by atoms with van der Waals surface area (Å²) in [5, 5.41) is 13.2. The number of carboxylic acid groups (broad SMARTS) is 1. The zero-order chi connectivity index (χ0) is 14.7. The van der Waals surface area contributed by atoms with Gasteiger partial charge in [0.1, 0.15) is 0 Å². The molecular formula is C13H13BrN2O3S. The number of halogens is 1. The minimum atomic E-state index is -1.30. The molecule has 0 fully saturated rings. The number of nitrogens with zero attached hydrogens (tertiary/aromatic N) is 2. The van der Waals surface area contributed by atoms with Crippen LogP contribution in [0.15, 0.2) is 40.0 Å². The largest absolute Gasteiger partial charge is 0.478 e. The van der Waals surface area contributed by atoms with Crippen LogP contribution in [0.1, 0.15) is 22.8 Å². The fraction of sp³-hybridized carbons (Fsp3) is 0.231. The number of aromatic nitrogens is 2. The monoisotopic (exact) mass is 356 g/mol. The second-order valence-electron chi connectivity index (χ2n) is 4.14. The lowest BCUT2D eigenvalue weighted by Gasteiger charge is -2.04. The Kier molecular flexibility index (Phi) is 4.72. The summed E-state index contributed by atoms with van der Waals surface area (Å²) in [6.45, 7) is 2.73. The first-order valence-corrected chi connectivity index (χ1v) is 8.05. The van der Waals surface area contributed by atoms with Crippen LogP contribution >= 0.6 is 15.9 Å². The number of benzene rings is 1. The molecule has 20 heavy (non-hydrogen) atoms. The molecule has 0 aliphatic heterocycles. The fourth-order valence-electron chi connectivity index (χ4n) is 1.70. The smallest absolute Gasteiger partial charge is 0.336 e. The topological polar surface area (TPSA) is 72.2 Å². The molecule has 0 aliphatic carbocycles. The van der Waals surface area contributed by atoms with E-state index in [1.54, 1.807) is 23.0 Å². The van der Waals surface area contributed by atoms with Crippen LogP contribution in [0.4, 0.5) is 0 Å². The first-order valence-electron chi connectivity index (χ1n) is 5.93. The van der Waals surface area contributed by atoms with Crippen molar-refractivity contribution in [2.45, 2.75) is 24.1 Å². The first kappa shape index (κ1) is 14.9. The summed E-state index contributed by atoms with van der Waals surface area (Å²) in [5.41, 5.74) is 0.977. The Morgan fingerprint density at radius 1 is 1.50 bits per heavy atom. The van der Waals surface area contributed by atoms with Gasteiger partial charge in [-0.25, -0.2) is 4.79 Å². The van der Waals surface area contributed by atoms with Crippen molar-refractivity contribution in [1.82, 2.24) is 9.78 Å². The Hall–Kier alpha value is -1.47. The number of aryl methyl sites for hydroxylation is 1. The van der Waals surface area contributed by atoms with Gasteiger partial charge in [0, 0.05) is 27.7 Å². The van der Waals surface area contributed by atoms with E-state index < -0.39 is 16.8 Å². The first-order chi connectivity index (χ1) is 9.51. The van der Waals surface area contributed by atoms with Crippen molar-refractivity contribution in [3.8, 4) is 0 Å². The SMILES string of the molecule is CCn1cc(CS(=O)c2ccc(Br)c(C(=O)O)c2)cn1. The van der Waals surface area contributed by atoms with Crippen molar-refractivity contribution >= 4 is 32.7 Å². The average molecular weight is 357 g/mol. The van der Waals surface area contributed by atoms with Crippen molar-refractivity contribution < 1.29 is 14.1 Å². The molecule has 0 aliphatic rings. The predicted molar refractivity (Wildman–Crippen MR) is 79.1 cm³/mol. The van der Waals surface area contributed by atoms with Crippen molar-refractivity contribution in [2.75, 3.05) is 0 Å². The Balaban J connectivity index is 2.21. The molecule has 2 rings (SSSR count). The van der Waals surface area contributed by atoms with Crippen LogP contribution in [0.25, 0.3) is 0 Å². The summed E-state index contributed by atoms with van der Waals surface area (Å²) in [6.07, 6.45) is 3.52. The molecule has 0 saturated heterocycles. The van der Waals surface area contributed by atoms with E-state index >= 15 is 0 Å². The van der Waals surface area contributed by atoms with Gasteiger partial charge in [0.05, 0.1) is 28.3 Å². The molecular weight excluding hydrogens is 344 g/mol. The molecule has 1 aromatic carbocycles. The lowest BCUT2D eigenvalue weighted by Crippen LogP contribution is -2.02. The molecule has 2 aromatic rings. The Labute approximate surface area is 127 Å². The molecule has 7 heteroatoms. The van der Waals surface area contributed by atoms with E-state index in [9.17, 15) is 9.00 Å². The van der Waals surface area contributed by atoms with Gasteiger partial charge in [-0.1, -0.05) is 0 Å². The van der Waals surface area contributed by atoms with Crippen LogP contribution in [0, 0.1) is 0 Å². The summed E-state index contributed by atoms with van der Waals surface area (Å²) >= 11 is 3.17. The highest BCUT2D eigenvalue weighted by molar-refractivity contribution is 9.10. The number of aromatic carboxylic acids is 1. The number of hydrogen-bond donors (Lipinski definition) is 1. The molecule has 1 N–H and O–H groups in total. The standard InChI is InChI=1S/C13H13BrN2O3S/c1-2-16-7-9(6-15-16)8-20(19)10-3-4-12(14)11(5-10)13(17)18/h3-7H,2,8H2,1H3,(H,17,18). The third kappa shape index (κ3) is 3.34. The van der Waals surface area contributed by atoms with Gasteiger partial charge in [-0.2, -0.15) is 5.10 Å². The van der Waals surface area contributed by atoms with Crippen LogP contribution in [0.3, 0.4) is 0 Å². The van der Waals surface area contributed by atoms with Gasteiger partial charge in [-0.05, 0) is 41.1 Å². The van der Waals surface area contributed by atoms with E-state index in [2.05, 4.69) is 21.0 Å². The fourth-order valence-corrected chi connectivity index (χ4v) is 3.20. The maximum atomic E-state index is 12.3. The number of hydrogen-bond acceptors (Lipinski definition) is 3. The van der Waals surface area contributed by atoms with Crippen LogP contribution in [0.5, 0.6) is 0 Å². The molecule has 0 radical (unpaired) electrons. The van der Waals surface area contributed by atoms with Gasteiger partial charge in [0.2, 0.25) is 0 Å². The van der Waals surface area contributed by atoms with Gasteiger partial charge in [0.25, 0.3) is 0 Å². The molecule has 1 atom stereocenters. The van der Waals surface area contributed by atoms with E-state index in [0.29, 0.717) is 15.1 Å². The minimum absolute atomic E-state index is 0.111. The zero-order valence-electron chi connectivity index (χ0n) is 10.7. The van der Waals surface area contributed by atoms with Crippen LogP contribution in [-0.2, 0) is 23.1 Å². The van der Waals surface area contributed by atoms with E-state index in [-0.39, 0.29) is 5.56 Å². The van der Waals surface area contributed by atoms with E-state index in [4.69, 9.17) is 5.11 Å². The van der Waals surface area contributed by atoms with Crippen molar-refractivity contribution in [3.05, 3.63) is 46.2 Å². The molecule has 1 heterocycles. The molecule has 1 aromatic heterocycles. The maximum Gasteiger partial charge on any atom is 0.336 e. The van der Waals surface area contributed by atoms with Crippen LogP contribution < -0.4 is 0 Å². The summed E-state index contributed by atoms with van der Waals surface area (Å²) in [6, 6.07) is 4.70. The van der Waals surface area contributed by atoms with Gasteiger partial charge >= 0.3 is 5.97 Å². The Bertz CT molecular complexity index is 669. The maximum absolute atomic E-state index is 12.3. The Morgan fingerprint density at radius 3 is 2.85 bits per heavy atom. The third-order valence-corrected chi connectivity index (χ3v) is 4.81. The van der Waals surface area contributed by atoms with E-state index in [1.165, 1.54) is 6.07 Å². The second-order valence-corrected chi connectivity index (χ2v) is 6.45. The van der Waals surface area contributed by atoms with E-state index in [0.717, 1.165) is 12.1 Å². The highest BCUT2D eigenvalue weighted by Crippen LogP contribution is 2.21. The van der Waals surface area contributed by atoms with Gasteiger partial charge < -0.3 is 5.11 Å². The minimum Gasteiger partial charge on any atom is -0.478 e. The summed E-state index contributed by atoms with van der Waals surface area (Å²) in [4.78, 5) is 11.6. The normalized spacial score (nSPS) is 12.3. The highest BCUT2D eigenvalue weighted by atomic mass is 79.9. The highest BCUT2D eigenvalue weighted by Gasteiger charge is 2.13. The quantitative estimate of drug-likeness (QED) is 0.893. The Morgan fingerprint density at radius 2 is 2.25 bits per heavy atom. The lowest BCUT2D eigenvalue weighted by molar-refractivity contribution is 0.0695. The molecule has 1 unspecified atom stereocenters. The third-order valence-electron chi connectivity index (χ3n) is 2.74. The molecule has 106 valence electrons. The molecule has 0 amide bonds. The molecule has 0 bridgehead atoms. The number of rotatable bonds is 5. The summed E-state index contributed by atoms with van der Waals surface area (Å²) in [7, 11) is -1.30. The summed E-state index contributed by atoms with van der Waals surface area (Å²) < 4.78 is 14.5. The van der Waals surface area contributed by atoms with Crippen LogP contribution in [0.2, 0.25) is 0 Å². The van der Waals surface area contributed by atoms with Gasteiger partial charge in [-0.3, -0.25) is 8.89 Å². The second kappa shape index (κ2) is 6.32. The number of carboxylic acids is 1. The van der Waals surface area contributed by atoms with Gasteiger partial charge in [0.15, 0.2) is 0 Å². The molecule has 5 nitrogen and oxygen atoms in total. The van der Waals surface area contributed by atoms with E-state index in [1.807, 2.05) is 13.1 Å². The molecule has 0 saturated carbocycles. The lowest BCUT2D eigenvalue weighted by atomic mass is 10.2. The predicted octanol–water partition coefficient (Wildman–Crippen LogP) is 2.67. The molecule has 0 spiro atoms. The van der Waals surface area contributed by atoms with Crippen molar-refractivity contribution in [1.29, 1.82) is 0 Å². The van der Waals surface area contributed by atoms with Crippen molar-refractivity contribution in [3.63, 3.8) is 0 Å². The van der Waals surface area contributed by atoms with Crippen molar-refractivity contribution in [2.24, 2.45) is 0 Å². The zero-order valence-corrected chi connectivity index (χ0v) is 13.1. The average Bonchev–Trinajstić information content (AvgIpc) is 2.86.